The molecule has 17 heavy (non-hydrogen) atoms. The van der Waals surface area contributed by atoms with Gasteiger partial charge >= 0.3 is 0 Å². The lowest BCUT2D eigenvalue weighted by Crippen LogP contribution is -2.53. The second kappa shape index (κ2) is 6.71. The van der Waals surface area contributed by atoms with Crippen molar-refractivity contribution in [3.63, 3.8) is 0 Å². The summed E-state index contributed by atoms with van der Waals surface area (Å²) in [5.74, 6) is 0.628. The fraction of sp³-hybridized carbons (Fsp3) is 1.00. The highest BCUT2D eigenvalue weighted by Crippen LogP contribution is 2.14. The Hall–Kier alpha value is -0.130. The summed E-state index contributed by atoms with van der Waals surface area (Å²) in [4.78, 5) is 2.31. The van der Waals surface area contributed by atoms with Gasteiger partial charge in [-0.25, -0.2) is 8.42 Å². The first-order chi connectivity index (χ1) is 7.96. The molecule has 0 bridgehead atoms. The number of hydrogen-bond donors (Lipinski definition) is 1. The SMILES string of the molecule is CCCCNCC(C)N1CCS(=O)(=O)CC1C. The number of unbranched alkanes of at least 4 members (excludes halogenated alkanes) is 1. The Balaban J connectivity index is 2.34. The number of rotatable bonds is 6. The Labute approximate surface area is 106 Å². The molecule has 1 heterocycles. The van der Waals surface area contributed by atoms with E-state index in [-0.39, 0.29) is 6.04 Å². The van der Waals surface area contributed by atoms with Gasteiger partial charge in [0.15, 0.2) is 9.84 Å². The molecule has 1 rings (SSSR count). The van der Waals surface area contributed by atoms with Crippen molar-refractivity contribution in [2.24, 2.45) is 0 Å². The van der Waals surface area contributed by atoms with Gasteiger partial charge in [-0.05, 0) is 26.8 Å². The van der Waals surface area contributed by atoms with Crippen LogP contribution in [0.15, 0.2) is 0 Å². The normalized spacial score (nSPS) is 26.9. The summed E-state index contributed by atoms with van der Waals surface area (Å²) in [6, 6.07) is 0.564. The van der Waals surface area contributed by atoms with Crippen LogP contribution in [0.5, 0.6) is 0 Å². The molecule has 5 heteroatoms. The molecule has 0 aromatic rings. The van der Waals surface area contributed by atoms with Crippen molar-refractivity contribution in [3.8, 4) is 0 Å². The van der Waals surface area contributed by atoms with E-state index < -0.39 is 9.84 Å². The van der Waals surface area contributed by atoms with Crippen LogP contribution in [-0.2, 0) is 9.84 Å². The maximum atomic E-state index is 11.5. The topological polar surface area (TPSA) is 49.4 Å². The fourth-order valence-corrected chi connectivity index (χ4v) is 3.98. The van der Waals surface area contributed by atoms with E-state index in [9.17, 15) is 8.42 Å². The van der Waals surface area contributed by atoms with Crippen molar-refractivity contribution in [2.45, 2.75) is 45.7 Å². The molecule has 102 valence electrons. The summed E-state index contributed by atoms with van der Waals surface area (Å²) in [6.07, 6.45) is 2.41. The Kier molecular flexibility index (Phi) is 5.89. The zero-order valence-corrected chi connectivity index (χ0v) is 12.1. The van der Waals surface area contributed by atoms with E-state index in [0.717, 1.165) is 13.1 Å². The maximum Gasteiger partial charge on any atom is 0.153 e. The predicted octanol–water partition coefficient (Wildman–Crippen LogP) is 0.884. The molecular formula is C12H26N2O2S. The summed E-state index contributed by atoms with van der Waals surface area (Å²) in [5.41, 5.74) is 0. The van der Waals surface area contributed by atoms with E-state index in [1.165, 1.54) is 12.8 Å². The van der Waals surface area contributed by atoms with Crippen molar-refractivity contribution in [1.82, 2.24) is 10.2 Å². The molecule has 0 aliphatic carbocycles. The largest absolute Gasteiger partial charge is 0.315 e. The Morgan fingerprint density at radius 2 is 2.18 bits per heavy atom. The van der Waals surface area contributed by atoms with Gasteiger partial charge < -0.3 is 5.32 Å². The molecule has 2 unspecified atom stereocenters. The van der Waals surface area contributed by atoms with Crippen LogP contribution in [0, 0.1) is 0 Å². The molecule has 0 spiro atoms. The van der Waals surface area contributed by atoms with Crippen LogP contribution in [0.3, 0.4) is 0 Å². The molecule has 1 aliphatic heterocycles. The van der Waals surface area contributed by atoms with Crippen LogP contribution < -0.4 is 5.32 Å². The van der Waals surface area contributed by atoms with E-state index in [1.807, 2.05) is 6.92 Å². The third-order valence-corrected chi connectivity index (χ3v) is 5.23. The molecule has 4 nitrogen and oxygen atoms in total. The second-order valence-electron chi connectivity index (χ2n) is 5.11. The first-order valence-electron chi connectivity index (χ1n) is 6.63. The summed E-state index contributed by atoms with van der Waals surface area (Å²) < 4.78 is 23.0. The van der Waals surface area contributed by atoms with Crippen molar-refractivity contribution in [1.29, 1.82) is 0 Å². The van der Waals surface area contributed by atoms with E-state index in [4.69, 9.17) is 0 Å². The monoisotopic (exact) mass is 262 g/mol. The van der Waals surface area contributed by atoms with Gasteiger partial charge in [0, 0.05) is 25.2 Å². The predicted molar refractivity (Wildman–Crippen MR) is 72.1 cm³/mol. The molecule has 1 saturated heterocycles. The average molecular weight is 262 g/mol. The van der Waals surface area contributed by atoms with Gasteiger partial charge in [0.05, 0.1) is 11.5 Å². The van der Waals surface area contributed by atoms with Gasteiger partial charge in [0.25, 0.3) is 0 Å². The molecule has 0 aromatic heterocycles. The zero-order chi connectivity index (χ0) is 12.9. The number of nitrogens with one attached hydrogen (secondary N) is 1. The summed E-state index contributed by atoms with van der Waals surface area (Å²) in [6.45, 7) is 9.06. The quantitative estimate of drug-likeness (QED) is 0.722. The highest BCUT2D eigenvalue weighted by molar-refractivity contribution is 7.91. The molecule has 1 N–H and O–H groups in total. The van der Waals surface area contributed by atoms with Crippen molar-refractivity contribution in [2.75, 3.05) is 31.1 Å². The Morgan fingerprint density at radius 1 is 1.47 bits per heavy atom. The molecule has 0 radical (unpaired) electrons. The van der Waals surface area contributed by atoms with E-state index in [2.05, 4.69) is 24.1 Å². The Bertz CT molecular complexity index is 316. The lowest BCUT2D eigenvalue weighted by Gasteiger charge is -2.37. The molecule has 0 amide bonds. The van der Waals surface area contributed by atoms with Crippen molar-refractivity contribution >= 4 is 9.84 Å². The first kappa shape index (κ1) is 14.9. The molecule has 0 aromatic carbocycles. The summed E-state index contributed by atoms with van der Waals surface area (Å²) >= 11 is 0. The number of nitrogens with zero attached hydrogens (tertiary/aromatic N) is 1. The molecule has 0 saturated carbocycles. The summed E-state index contributed by atoms with van der Waals surface area (Å²) in [7, 11) is -2.79. The van der Waals surface area contributed by atoms with Gasteiger partial charge in [-0.1, -0.05) is 13.3 Å². The van der Waals surface area contributed by atoms with Crippen molar-refractivity contribution < 1.29 is 8.42 Å². The van der Waals surface area contributed by atoms with Crippen LogP contribution in [0.1, 0.15) is 33.6 Å². The van der Waals surface area contributed by atoms with Crippen LogP contribution in [0.4, 0.5) is 0 Å². The van der Waals surface area contributed by atoms with Gasteiger partial charge in [-0.15, -0.1) is 0 Å². The highest BCUT2D eigenvalue weighted by atomic mass is 32.2. The smallest absolute Gasteiger partial charge is 0.153 e. The standard InChI is InChI=1S/C12H26N2O2S/c1-4-5-6-13-9-11(2)14-7-8-17(15,16)10-12(14)3/h11-13H,4-10H2,1-3H3. The van der Waals surface area contributed by atoms with Crippen LogP contribution in [-0.4, -0.2) is 56.5 Å². The van der Waals surface area contributed by atoms with Gasteiger partial charge in [-0.2, -0.15) is 0 Å². The molecule has 2 atom stereocenters. The first-order valence-corrected chi connectivity index (χ1v) is 8.45. The molecule has 1 aliphatic rings. The Morgan fingerprint density at radius 3 is 2.76 bits per heavy atom. The van der Waals surface area contributed by atoms with E-state index in [1.54, 1.807) is 0 Å². The van der Waals surface area contributed by atoms with Crippen molar-refractivity contribution in [3.05, 3.63) is 0 Å². The third kappa shape index (κ3) is 4.94. The zero-order valence-electron chi connectivity index (χ0n) is 11.3. The fourth-order valence-electron chi connectivity index (χ4n) is 2.40. The molecular weight excluding hydrogens is 236 g/mol. The number of sulfone groups is 1. The second-order valence-corrected chi connectivity index (χ2v) is 7.34. The van der Waals surface area contributed by atoms with E-state index in [0.29, 0.717) is 24.1 Å². The number of hydrogen-bond acceptors (Lipinski definition) is 4. The lowest BCUT2D eigenvalue weighted by molar-refractivity contribution is 0.165. The van der Waals surface area contributed by atoms with E-state index >= 15 is 0 Å². The van der Waals surface area contributed by atoms with Gasteiger partial charge in [0.2, 0.25) is 0 Å². The van der Waals surface area contributed by atoms with Crippen LogP contribution in [0.25, 0.3) is 0 Å². The minimum Gasteiger partial charge on any atom is -0.315 e. The lowest BCUT2D eigenvalue weighted by atomic mass is 10.2. The minimum atomic E-state index is -2.79. The maximum absolute atomic E-state index is 11.5. The summed E-state index contributed by atoms with van der Waals surface area (Å²) in [5, 5.41) is 3.43. The minimum absolute atomic E-state index is 0.150. The molecule has 1 fully saturated rings. The highest BCUT2D eigenvalue weighted by Gasteiger charge is 2.30. The van der Waals surface area contributed by atoms with Gasteiger partial charge in [0.1, 0.15) is 0 Å². The third-order valence-electron chi connectivity index (χ3n) is 3.43. The van der Waals surface area contributed by atoms with Gasteiger partial charge in [-0.3, -0.25) is 4.90 Å². The average Bonchev–Trinajstić information content (AvgIpc) is 2.23. The van der Waals surface area contributed by atoms with Crippen LogP contribution in [0.2, 0.25) is 0 Å². The van der Waals surface area contributed by atoms with Crippen LogP contribution >= 0.6 is 0 Å².